The van der Waals surface area contributed by atoms with Crippen molar-refractivity contribution in [2.24, 2.45) is 5.73 Å². The molecule has 102 valence electrons. The van der Waals surface area contributed by atoms with Crippen molar-refractivity contribution in [2.45, 2.75) is 6.54 Å². The van der Waals surface area contributed by atoms with E-state index >= 15 is 0 Å². The smallest absolute Gasteiger partial charge is 0.203 e. The van der Waals surface area contributed by atoms with Crippen LogP contribution in [0.3, 0.4) is 0 Å². The van der Waals surface area contributed by atoms with Crippen LogP contribution in [0, 0.1) is 0 Å². The average molecular weight is 264 g/mol. The second-order valence-corrected chi connectivity index (χ2v) is 3.76. The summed E-state index contributed by atoms with van der Waals surface area (Å²) in [6.45, 7) is 0.294. The molecule has 0 bridgehead atoms. The summed E-state index contributed by atoms with van der Waals surface area (Å²) in [6, 6.07) is 5.38. The van der Waals surface area contributed by atoms with Crippen molar-refractivity contribution < 1.29 is 18.7 Å². The van der Waals surface area contributed by atoms with Gasteiger partial charge >= 0.3 is 0 Å². The van der Waals surface area contributed by atoms with Crippen molar-refractivity contribution in [1.29, 1.82) is 0 Å². The van der Waals surface area contributed by atoms with Crippen LogP contribution in [0.5, 0.6) is 17.2 Å². The van der Waals surface area contributed by atoms with Gasteiger partial charge < -0.3 is 24.5 Å². The third kappa shape index (κ3) is 2.34. The summed E-state index contributed by atoms with van der Waals surface area (Å²) in [7, 11) is 4.68. The van der Waals surface area contributed by atoms with Crippen molar-refractivity contribution in [3.8, 4) is 28.5 Å². The lowest BCUT2D eigenvalue weighted by Gasteiger charge is -2.14. The van der Waals surface area contributed by atoms with Crippen LogP contribution in [0.1, 0.15) is 5.76 Å². The first-order valence-electron chi connectivity index (χ1n) is 5.70. The van der Waals surface area contributed by atoms with Crippen LogP contribution in [0.25, 0.3) is 11.3 Å². The number of benzene rings is 1. The molecule has 2 aromatic rings. The van der Waals surface area contributed by atoms with Gasteiger partial charge in [0.05, 0.1) is 27.9 Å². The van der Waals surface area contributed by atoms with E-state index in [-0.39, 0.29) is 0 Å². The van der Waals surface area contributed by atoms with Crippen molar-refractivity contribution in [1.82, 2.24) is 5.16 Å². The molecule has 0 saturated carbocycles. The number of nitrogens with zero attached hydrogens (tertiary/aromatic N) is 1. The van der Waals surface area contributed by atoms with E-state index in [0.29, 0.717) is 35.2 Å². The van der Waals surface area contributed by atoms with Gasteiger partial charge in [-0.25, -0.2) is 0 Å². The van der Waals surface area contributed by atoms with Crippen LogP contribution >= 0.6 is 0 Å². The summed E-state index contributed by atoms with van der Waals surface area (Å²) in [5.41, 5.74) is 6.89. The monoisotopic (exact) mass is 264 g/mol. The molecule has 0 spiro atoms. The highest BCUT2D eigenvalue weighted by Gasteiger charge is 2.19. The minimum absolute atomic E-state index is 0.294. The number of aromatic nitrogens is 1. The predicted octanol–water partition coefficient (Wildman–Crippen LogP) is 1.83. The molecule has 1 heterocycles. The van der Waals surface area contributed by atoms with E-state index in [0.717, 1.165) is 5.56 Å². The fourth-order valence-electron chi connectivity index (χ4n) is 1.84. The number of methoxy groups -OCH3 is 3. The summed E-state index contributed by atoms with van der Waals surface area (Å²) in [5.74, 6) is 2.25. The van der Waals surface area contributed by atoms with E-state index in [1.54, 1.807) is 33.5 Å². The maximum absolute atomic E-state index is 5.50. The van der Waals surface area contributed by atoms with E-state index in [9.17, 15) is 0 Å². The normalized spacial score (nSPS) is 10.3. The molecule has 0 fully saturated rings. The van der Waals surface area contributed by atoms with Crippen LogP contribution < -0.4 is 19.9 Å². The van der Waals surface area contributed by atoms with Gasteiger partial charge in [-0.3, -0.25) is 0 Å². The Morgan fingerprint density at radius 2 is 1.84 bits per heavy atom. The zero-order valence-electron chi connectivity index (χ0n) is 11.1. The number of hydrogen-bond donors (Lipinski definition) is 1. The maximum atomic E-state index is 5.50. The highest BCUT2D eigenvalue weighted by Crippen LogP contribution is 2.43. The van der Waals surface area contributed by atoms with E-state index in [1.165, 1.54) is 0 Å². The fraction of sp³-hybridized carbons (Fsp3) is 0.308. The molecule has 0 aliphatic heterocycles. The molecule has 0 aliphatic carbocycles. The molecule has 19 heavy (non-hydrogen) atoms. The van der Waals surface area contributed by atoms with Crippen LogP contribution in [-0.2, 0) is 6.54 Å². The molecule has 2 rings (SSSR count). The molecule has 6 nitrogen and oxygen atoms in total. The molecule has 1 aromatic heterocycles. The van der Waals surface area contributed by atoms with Gasteiger partial charge in [-0.15, -0.1) is 0 Å². The second kappa shape index (κ2) is 5.62. The Bertz CT molecular complexity index is 566. The Hall–Kier alpha value is -2.21. The number of ether oxygens (including phenoxy) is 3. The van der Waals surface area contributed by atoms with Crippen molar-refractivity contribution >= 4 is 0 Å². The van der Waals surface area contributed by atoms with Crippen LogP contribution in [0.4, 0.5) is 0 Å². The molecule has 2 N–H and O–H groups in total. The van der Waals surface area contributed by atoms with E-state index < -0.39 is 0 Å². The molecule has 1 aromatic carbocycles. The van der Waals surface area contributed by atoms with Gasteiger partial charge in [0.2, 0.25) is 5.75 Å². The summed E-state index contributed by atoms with van der Waals surface area (Å²) in [6.07, 6.45) is 0. The zero-order chi connectivity index (χ0) is 13.8. The Balaban J connectivity index is 2.56. The van der Waals surface area contributed by atoms with E-state index in [4.69, 9.17) is 24.5 Å². The quantitative estimate of drug-likeness (QED) is 0.887. The van der Waals surface area contributed by atoms with Crippen molar-refractivity contribution in [3.63, 3.8) is 0 Å². The molecular formula is C13H16N2O4. The predicted molar refractivity (Wildman–Crippen MR) is 69.5 cm³/mol. The lowest BCUT2D eigenvalue weighted by atomic mass is 10.1. The van der Waals surface area contributed by atoms with Gasteiger partial charge in [0, 0.05) is 11.6 Å². The highest BCUT2D eigenvalue weighted by atomic mass is 16.5. The van der Waals surface area contributed by atoms with Gasteiger partial charge in [-0.2, -0.15) is 0 Å². The minimum Gasteiger partial charge on any atom is -0.493 e. The van der Waals surface area contributed by atoms with Gasteiger partial charge in [0.15, 0.2) is 17.3 Å². The SMILES string of the molecule is COc1ccc(-c2cc(CN)on2)c(OC)c1OC. The van der Waals surface area contributed by atoms with Gasteiger partial charge in [0.25, 0.3) is 0 Å². The summed E-state index contributed by atoms with van der Waals surface area (Å²) in [4.78, 5) is 0. The van der Waals surface area contributed by atoms with Crippen LogP contribution in [0.15, 0.2) is 22.7 Å². The molecule has 0 radical (unpaired) electrons. The number of rotatable bonds is 5. The molecule has 0 amide bonds. The second-order valence-electron chi connectivity index (χ2n) is 3.76. The lowest BCUT2D eigenvalue weighted by molar-refractivity contribution is 0.325. The van der Waals surface area contributed by atoms with Crippen LogP contribution in [-0.4, -0.2) is 26.5 Å². The molecular weight excluding hydrogens is 248 g/mol. The van der Waals surface area contributed by atoms with E-state index in [1.807, 2.05) is 6.07 Å². The van der Waals surface area contributed by atoms with E-state index in [2.05, 4.69) is 5.16 Å². The third-order valence-electron chi connectivity index (χ3n) is 2.74. The van der Waals surface area contributed by atoms with Crippen molar-refractivity contribution in [2.75, 3.05) is 21.3 Å². The first kappa shape index (κ1) is 13.2. The van der Waals surface area contributed by atoms with Gasteiger partial charge in [-0.1, -0.05) is 5.16 Å². The van der Waals surface area contributed by atoms with Crippen LogP contribution in [0.2, 0.25) is 0 Å². The van der Waals surface area contributed by atoms with Gasteiger partial charge in [0.1, 0.15) is 5.69 Å². The highest BCUT2D eigenvalue weighted by molar-refractivity contribution is 5.74. The number of nitrogens with two attached hydrogens (primary N) is 1. The Kier molecular flexibility index (Phi) is 3.91. The molecule has 0 aliphatic rings. The first-order chi connectivity index (χ1) is 9.24. The first-order valence-corrected chi connectivity index (χ1v) is 5.70. The topological polar surface area (TPSA) is 79.7 Å². The van der Waals surface area contributed by atoms with Crippen molar-refractivity contribution in [3.05, 3.63) is 24.0 Å². The molecule has 0 unspecified atom stereocenters. The van der Waals surface area contributed by atoms with Gasteiger partial charge in [-0.05, 0) is 12.1 Å². The standard InChI is InChI=1S/C13H16N2O4/c1-16-11-5-4-9(12(17-2)13(11)18-3)10-6-8(7-14)19-15-10/h4-6H,7,14H2,1-3H3. The minimum atomic E-state index is 0.294. The Labute approximate surface area is 111 Å². The summed E-state index contributed by atoms with van der Waals surface area (Å²) >= 11 is 0. The summed E-state index contributed by atoms with van der Waals surface area (Å²) in [5, 5.41) is 3.97. The zero-order valence-corrected chi connectivity index (χ0v) is 11.1. The third-order valence-corrected chi connectivity index (χ3v) is 2.74. The largest absolute Gasteiger partial charge is 0.493 e. The Morgan fingerprint density at radius 1 is 1.11 bits per heavy atom. The fourth-order valence-corrected chi connectivity index (χ4v) is 1.84. The average Bonchev–Trinajstić information content (AvgIpc) is 2.94. The summed E-state index contributed by atoms with van der Waals surface area (Å²) < 4.78 is 21.0. The molecule has 0 atom stereocenters. The lowest BCUT2D eigenvalue weighted by Crippen LogP contribution is -1.97. The molecule has 0 saturated heterocycles. The Morgan fingerprint density at radius 3 is 2.37 bits per heavy atom. The molecule has 6 heteroatoms. The maximum Gasteiger partial charge on any atom is 0.203 e. The number of hydrogen-bond acceptors (Lipinski definition) is 6.